The van der Waals surface area contributed by atoms with Crippen LogP contribution in [0.4, 0.5) is 5.82 Å². The summed E-state index contributed by atoms with van der Waals surface area (Å²) in [5.74, 6) is 2.94. The van der Waals surface area contributed by atoms with Crippen molar-refractivity contribution in [2.75, 3.05) is 12.4 Å². The standard InChI is InChI=1S/C15H25N3S/c1-4-13-11(2)17-14(18-15(13)16-3)10-19-12-8-6-5-7-9-12/h12H,4-10H2,1-3H3,(H,16,17,18). The summed E-state index contributed by atoms with van der Waals surface area (Å²) < 4.78 is 0. The van der Waals surface area contributed by atoms with Crippen molar-refractivity contribution >= 4 is 17.6 Å². The van der Waals surface area contributed by atoms with Crippen LogP contribution in [0, 0.1) is 6.92 Å². The molecule has 2 rings (SSSR count). The highest BCUT2D eigenvalue weighted by Gasteiger charge is 2.15. The van der Waals surface area contributed by atoms with Gasteiger partial charge in [-0.2, -0.15) is 11.8 Å². The lowest BCUT2D eigenvalue weighted by atomic mass is 10.0. The molecule has 3 nitrogen and oxygen atoms in total. The Balaban J connectivity index is 2.01. The van der Waals surface area contributed by atoms with Gasteiger partial charge < -0.3 is 5.32 Å². The van der Waals surface area contributed by atoms with Gasteiger partial charge >= 0.3 is 0 Å². The Labute approximate surface area is 121 Å². The second kappa shape index (κ2) is 7.13. The van der Waals surface area contributed by atoms with E-state index in [-0.39, 0.29) is 0 Å². The minimum Gasteiger partial charge on any atom is -0.373 e. The Kier molecular flexibility index (Phi) is 5.49. The van der Waals surface area contributed by atoms with Crippen LogP contribution in [0.25, 0.3) is 0 Å². The molecule has 0 atom stereocenters. The normalized spacial score (nSPS) is 16.6. The molecule has 1 aromatic rings. The summed E-state index contributed by atoms with van der Waals surface area (Å²) in [5.41, 5.74) is 2.37. The topological polar surface area (TPSA) is 37.8 Å². The van der Waals surface area contributed by atoms with Gasteiger partial charge in [-0.15, -0.1) is 0 Å². The summed E-state index contributed by atoms with van der Waals surface area (Å²) in [6.45, 7) is 4.25. The highest BCUT2D eigenvalue weighted by atomic mass is 32.2. The fraction of sp³-hybridized carbons (Fsp3) is 0.733. The molecule has 0 aromatic carbocycles. The number of nitrogens with zero attached hydrogens (tertiary/aromatic N) is 2. The summed E-state index contributed by atoms with van der Waals surface area (Å²) in [4.78, 5) is 9.33. The number of nitrogens with one attached hydrogen (secondary N) is 1. The predicted octanol–water partition coefficient (Wildman–Crippen LogP) is 3.96. The van der Waals surface area contributed by atoms with Gasteiger partial charge in [0.05, 0.1) is 5.75 Å². The molecule has 1 aromatic heterocycles. The minimum atomic E-state index is 0.821. The molecule has 1 saturated carbocycles. The van der Waals surface area contributed by atoms with Gasteiger partial charge in [-0.25, -0.2) is 9.97 Å². The summed E-state index contributed by atoms with van der Waals surface area (Å²) in [6, 6.07) is 0. The van der Waals surface area contributed by atoms with Crippen LogP contribution in [0.15, 0.2) is 0 Å². The third-order valence-electron chi connectivity index (χ3n) is 3.85. The second-order valence-electron chi connectivity index (χ2n) is 5.23. The Morgan fingerprint density at radius 3 is 2.58 bits per heavy atom. The van der Waals surface area contributed by atoms with E-state index in [2.05, 4.69) is 29.1 Å². The van der Waals surface area contributed by atoms with E-state index in [0.29, 0.717) is 0 Å². The van der Waals surface area contributed by atoms with Crippen molar-refractivity contribution in [3.05, 3.63) is 17.1 Å². The molecule has 1 aliphatic rings. The zero-order chi connectivity index (χ0) is 13.7. The zero-order valence-electron chi connectivity index (χ0n) is 12.3. The van der Waals surface area contributed by atoms with Crippen molar-refractivity contribution in [3.8, 4) is 0 Å². The highest BCUT2D eigenvalue weighted by Crippen LogP contribution is 2.30. The van der Waals surface area contributed by atoms with E-state index in [4.69, 9.17) is 0 Å². The lowest BCUT2D eigenvalue weighted by Crippen LogP contribution is -2.10. The molecule has 0 amide bonds. The Bertz CT molecular complexity index is 414. The lowest BCUT2D eigenvalue weighted by molar-refractivity contribution is 0.516. The largest absolute Gasteiger partial charge is 0.373 e. The number of rotatable bonds is 5. The van der Waals surface area contributed by atoms with E-state index in [1.165, 1.54) is 37.7 Å². The van der Waals surface area contributed by atoms with Crippen LogP contribution in [0.2, 0.25) is 0 Å². The Morgan fingerprint density at radius 1 is 1.21 bits per heavy atom. The van der Waals surface area contributed by atoms with Crippen LogP contribution in [0.3, 0.4) is 0 Å². The maximum Gasteiger partial charge on any atom is 0.140 e. The fourth-order valence-corrected chi connectivity index (χ4v) is 3.95. The van der Waals surface area contributed by atoms with Crippen LogP contribution in [-0.2, 0) is 12.2 Å². The van der Waals surface area contributed by atoms with E-state index in [0.717, 1.165) is 34.8 Å². The summed E-state index contributed by atoms with van der Waals surface area (Å²) in [6.07, 6.45) is 7.94. The second-order valence-corrected chi connectivity index (χ2v) is 6.52. The number of anilines is 1. The van der Waals surface area contributed by atoms with Crippen molar-refractivity contribution in [2.45, 2.75) is 63.4 Å². The average molecular weight is 279 g/mol. The summed E-state index contributed by atoms with van der Waals surface area (Å²) in [5, 5.41) is 4.03. The number of hydrogen-bond acceptors (Lipinski definition) is 4. The quantitative estimate of drug-likeness (QED) is 0.885. The molecule has 1 heterocycles. The van der Waals surface area contributed by atoms with Gasteiger partial charge in [-0.1, -0.05) is 26.2 Å². The third-order valence-corrected chi connectivity index (χ3v) is 5.22. The monoisotopic (exact) mass is 279 g/mol. The van der Waals surface area contributed by atoms with Crippen molar-refractivity contribution in [2.24, 2.45) is 0 Å². The molecule has 0 unspecified atom stereocenters. The smallest absolute Gasteiger partial charge is 0.140 e. The molecule has 0 radical (unpaired) electrons. The van der Waals surface area contributed by atoms with Crippen LogP contribution < -0.4 is 5.32 Å². The average Bonchev–Trinajstić information content (AvgIpc) is 2.45. The number of aryl methyl sites for hydroxylation is 1. The van der Waals surface area contributed by atoms with Gasteiger partial charge in [0.25, 0.3) is 0 Å². The SMILES string of the molecule is CCc1c(C)nc(CSC2CCCCC2)nc1NC. The van der Waals surface area contributed by atoms with Gasteiger partial charge in [0.2, 0.25) is 0 Å². The van der Waals surface area contributed by atoms with Gasteiger partial charge in [0.15, 0.2) is 0 Å². The highest BCUT2D eigenvalue weighted by molar-refractivity contribution is 7.99. The van der Waals surface area contributed by atoms with Crippen molar-refractivity contribution in [1.82, 2.24) is 9.97 Å². The van der Waals surface area contributed by atoms with Crippen LogP contribution in [0.5, 0.6) is 0 Å². The molecule has 0 saturated heterocycles. The first-order valence-corrected chi connectivity index (χ1v) is 8.45. The Morgan fingerprint density at radius 2 is 1.95 bits per heavy atom. The maximum atomic E-state index is 4.67. The van der Waals surface area contributed by atoms with Gasteiger partial charge in [0.1, 0.15) is 11.6 Å². The van der Waals surface area contributed by atoms with E-state index in [9.17, 15) is 0 Å². The van der Waals surface area contributed by atoms with E-state index in [1.807, 2.05) is 18.8 Å². The molecule has 0 bridgehead atoms. The molecule has 1 N–H and O–H groups in total. The Hall–Kier alpha value is -0.770. The third kappa shape index (κ3) is 3.85. The van der Waals surface area contributed by atoms with E-state index in [1.54, 1.807) is 0 Å². The summed E-state index contributed by atoms with van der Waals surface area (Å²) in [7, 11) is 1.94. The van der Waals surface area contributed by atoms with Crippen LogP contribution >= 0.6 is 11.8 Å². The lowest BCUT2D eigenvalue weighted by Gasteiger charge is -2.20. The van der Waals surface area contributed by atoms with Crippen molar-refractivity contribution in [3.63, 3.8) is 0 Å². The molecule has 1 aliphatic carbocycles. The van der Waals surface area contributed by atoms with Crippen LogP contribution in [-0.4, -0.2) is 22.3 Å². The van der Waals surface area contributed by atoms with Crippen molar-refractivity contribution < 1.29 is 0 Å². The fourth-order valence-electron chi connectivity index (χ4n) is 2.77. The van der Waals surface area contributed by atoms with Crippen LogP contribution in [0.1, 0.15) is 56.1 Å². The molecule has 106 valence electrons. The summed E-state index contributed by atoms with van der Waals surface area (Å²) >= 11 is 2.04. The first-order chi connectivity index (χ1) is 9.24. The predicted molar refractivity (Wildman–Crippen MR) is 83.9 cm³/mol. The first-order valence-electron chi connectivity index (χ1n) is 7.40. The number of hydrogen-bond donors (Lipinski definition) is 1. The van der Waals surface area contributed by atoms with Gasteiger partial charge in [0, 0.05) is 23.6 Å². The molecule has 4 heteroatoms. The van der Waals surface area contributed by atoms with Crippen molar-refractivity contribution in [1.29, 1.82) is 0 Å². The zero-order valence-corrected chi connectivity index (χ0v) is 13.1. The first kappa shape index (κ1) is 14.6. The number of thioether (sulfide) groups is 1. The van der Waals surface area contributed by atoms with E-state index >= 15 is 0 Å². The molecule has 0 spiro atoms. The van der Waals surface area contributed by atoms with Gasteiger partial charge in [-0.05, 0) is 26.2 Å². The molecule has 19 heavy (non-hydrogen) atoms. The molecule has 1 fully saturated rings. The van der Waals surface area contributed by atoms with Gasteiger partial charge in [-0.3, -0.25) is 0 Å². The minimum absolute atomic E-state index is 0.821. The molecular formula is C15H25N3S. The number of aromatic nitrogens is 2. The molecular weight excluding hydrogens is 254 g/mol. The maximum absolute atomic E-state index is 4.67. The molecule has 0 aliphatic heterocycles. The van der Waals surface area contributed by atoms with E-state index < -0.39 is 0 Å².